The van der Waals surface area contributed by atoms with Gasteiger partial charge in [0.05, 0.1) is 5.60 Å². The lowest BCUT2D eigenvalue weighted by atomic mass is 9.79. The SMILES string of the molecule is CC(C)(C)OOC(C)(C)C(c1ccccc1)c1ccccc1. The predicted octanol–water partition coefficient (Wildman–Crippen LogP) is 5.34. The maximum Gasteiger partial charge on any atom is 0.109 e. The Morgan fingerprint density at radius 1 is 0.636 bits per heavy atom. The molecular formula is C20H26O2. The molecule has 0 aliphatic heterocycles. The maximum atomic E-state index is 5.86. The number of hydrogen-bond donors (Lipinski definition) is 0. The summed E-state index contributed by atoms with van der Waals surface area (Å²) in [5, 5.41) is 0. The molecule has 118 valence electrons. The zero-order chi connectivity index (χ0) is 16.2. The number of rotatable bonds is 5. The van der Waals surface area contributed by atoms with Gasteiger partial charge in [0.25, 0.3) is 0 Å². The topological polar surface area (TPSA) is 18.5 Å². The van der Waals surface area contributed by atoms with Crippen LogP contribution in [0.5, 0.6) is 0 Å². The number of benzene rings is 2. The molecule has 2 rings (SSSR count). The van der Waals surface area contributed by atoms with Crippen LogP contribution >= 0.6 is 0 Å². The van der Waals surface area contributed by atoms with Crippen LogP contribution in [0.15, 0.2) is 60.7 Å². The third kappa shape index (κ3) is 4.43. The molecule has 2 heteroatoms. The van der Waals surface area contributed by atoms with Gasteiger partial charge in [-0.05, 0) is 45.7 Å². The molecule has 0 fully saturated rings. The predicted molar refractivity (Wildman–Crippen MR) is 90.7 cm³/mol. The molecule has 0 aliphatic carbocycles. The van der Waals surface area contributed by atoms with E-state index in [0.717, 1.165) is 0 Å². The Balaban J connectivity index is 2.36. The third-order valence-corrected chi connectivity index (χ3v) is 3.47. The monoisotopic (exact) mass is 298 g/mol. The van der Waals surface area contributed by atoms with Gasteiger partial charge in [-0.2, -0.15) is 0 Å². The van der Waals surface area contributed by atoms with E-state index >= 15 is 0 Å². The summed E-state index contributed by atoms with van der Waals surface area (Å²) in [5.41, 5.74) is 1.61. The minimum atomic E-state index is -0.490. The van der Waals surface area contributed by atoms with Gasteiger partial charge in [0.1, 0.15) is 5.60 Å². The van der Waals surface area contributed by atoms with Crippen molar-refractivity contribution in [2.75, 3.05) is 0 Å². The average molecular weight is 298 g/mol. The van der Waals surface area contributed by atoms with Gasteiger partial charge in [-0.25, -0.2) is 9.78 Å². The van der Waals surface area contributed by atoms with Crippen molar-refractivity contribution in [3.05, 3.63) is 71.8 Å². The van der Waals surface area contributed by atoms with Crippen LogP contribution in [0.25, 0.3) is 0 Å². The molecule has 0 saturated carbocycles. The molecule has 0 saturated heterocycles. The van der Waals surface area contributed by atoms with Crippen molar-refractivity contribution in [3.63, 3.8) is 0 Å². The quantitative estimate of drug-likeness (QED) is 0.547. The van der Waals surface area contributed by atoms with E-state index in [1.54, 1.807) is 0 Å². The first kappa shape index (κ1) is 16.7. The molecule has 2 aromatic carbocycles. The maximum absolute atomic E-state index is 5.86. The Bertz CT molecular complexity index is 528. The molecule has 0 radical (unpaired) electrons. The minimum Gasteiger partial charge on any atom is -0.230 e. The van der Waals surface area contributed by atoms with Crippen molar-refractivity contribution in [1.29, 1.82) is 0 Å². The Kier molecular flexibility index (Phi) is 5.05. The van der Waals surface area contributed by atoms with Crippen molar-refractivity contribution in [2.45, 2.75) is 51.7 Å². The molecule has 0 heterocycles. The standard InChI is InChI=1S/C20H26O2/c1-19(2,3)21-22-20(4,5)18(16-12-8-6-9-13-16)17-14-10-7-11-15-17/h6-15,18H,1-5H3. The van der Waals surface area contributed by atoms with Crippen LogP contribution in [0.2, 0.25) is 0 Å². The second kappa shape index (κ2) is 6.64. The molecule has 0 atom stereocenters. The molecule has 22 heavy (non-hydrogen) atoms. The van der Waals surface area contributed by atoms with Crippen LogP contribution < -0.4 is 0 Å². The molecule has 0 bridgehead atoms. The molecule has 2 aromatic rings. The fourth-order valence-corrected chi connectivity index (χ4v) is 2.57. The Hall–Kier alpha value is -1.64. The largest absolute Gasteiger partial charge is 0.230 e. The van der Waals surface area contributed by atoms with Gasteiger partial charge in [0.2, 0.25) is 0 Å². The third-order valence-electron chi connectivity index (χ3n) is 3.47. The van der Waals surface area contributed by atoms with Gasteiger partial charge in [-0.1, -0.05) is 60.7 Å². The minimum absolute atomic E-state index is 0.0947. The molecule has 0 spiro atoms. The molecule has 0 aromatic heterocycles. The van der Waals surface area contributed by atoms with Crippen LogP contribution in [0.3, 0.4) is 0 Å². The zero-order valence-electron chi connectivity index (χ0n) is 14.2. The van der Waals surface area contributed by atoms with Crippen molar-refractivity contribution in [1.82, 2.24) is 0 Å². The van der Waals surface area contributed by atoms with Gasteiger partial charge in [-0.3, -0.25) is 0 Å². The molecule has 2 nitrogen and oxygen atoms in total. The normalized spacial score (nSPS) is 12.6. The Labute approximate surface area is 134 Å². The van der Waals surface area contributed by atoms with Gasteiger partial charge in [-0.15, -0.1) is 0 Å². The lowest BCUT2D eigenvalue weighted by Gasteiger charge is -2.36. The molecule has 0 amide bonds. The van der Waals surface area contributed by atoms with E-state index in [-0.39, 0.29) is 11.5 Å². The van der Waals surface area contributed by atoms with Gasteiger partial charge < -0.3 is 0 Å². The Morgan fingerprint density at radius 3 is 1.41 bits per heavy atom. The molecule has 0 N–H and O–H groups in total. The fourth-order valence-electron chi connectivity index (χ4n) is 2.57. The van der Waals surface area contributed by atoms with E-state index in [0.29, 0.717) is 0 Å². The summed E-state index contributed by atoms with van der Waals surface area (Å²) in [7, 11) is 0. The van der Waals surface area contributed by atoms with Crippen LogP contribution in [0, 0.1) is 0 Å². The first-order chi connectivity index (χ1) is 10.3. The van der Waals surface area contributed by atoms with E-state index in [1.807, 2.05) is 32.9 Å². The van der Waals surface area contributed by atoms with E-state index < -0.39 is 5.60 Å². The molecule has 0 unspecified atom stereocenters. The molecule has 0 aliphatic rings. The van der Waals surface area contributed by atoms with Crippen LogP contribution in [-0.2, 0) is 9.78 Å². The van der Waals surface area contributed by atoms with E-state index in [4.69, 9.17) is 9.78 Å². The summed E-state index contributed by atoms with van der Waals surface area (Å²) in [4.78, 5) is 11.5. The van der Waals surface area contributed by atoms with Gasteiger partial charge >= 0.3 is 0 Å². The fraction of sp³-hybridized carbons (Fsp3) is 0.400. The first-order valence-electron chi connectivity index (χ1n) is 7.76. The lowest BCUT2D eigenvalue weighted by Crippen LogP contribution is -2.36. The summed E-state index contributed by atoms with van der Waals surface area (Å²) in [6, 6.07) is 20.9. The summed E-state index contributed by atoms with van der Waals surface area (Å²) >= 11 is 0. The Morgan fingerprint density at radius 2 is 1.05 bits per heavy atom. The van der Waals surface area contributed by atoms with Gasteiger partial charge in [0.15, 0.2) is 0 Å². The average Bonchev–Trinajstić information content (AvgIpc) is 2.47. The highest BCUT2D eigenvalue weighted by Crippen LogP contribution is 2.37. The number of hydrogen-bond acceptors (Lipinski definition) is 2. The second-order valence-corrected chi connectivity index (χ2v) is 7.14. The van der Waals surface area contributed by atoms with Crippen LogP contribution in [0.4, 0.5) is 0 Å². The van der Waals surface area contributed by atoms with E-state index in [2.05, 4.69) is 62.4 Å². The molecular weight excluding hydrogens is 272 g/mol. The van der Waals surface area contributed by atoms with E-state index in [1.165, 1.54) is 11.1 Å². The zero-order valence-corrected chi connectivity index (χ0v) is 14.2. The van der Waals surface area contributed by atoms with Crippen molar-refractivity contribution >= 4 is 0 Å². The summed E-state index contributed by atoms with van der Waals surface area (Å²) in [6.45, 7) is 10.1. The van der Waals surface area contributed by atoms with Crippen LogP contribution in [-0.4, -0.2) is 11.2 Å². The second-order valence-electron chi connectivity index (χ2n) is 7.14. The van der Waals surface area contributed by atoms with Crippen LogP contribution in [0.1, 0.15) is 51.7 Å². The van der Waals surface area contributed by atoms with Crippen molar-refractivity contribution < 1.29 is 9.78 Å². The summed E-state index contributed by atoms with van der Waals surface area (Å²) < 4.78 is 0. The van der Waals surface area contributed by atoms with E-state index in [9.17, 15) is 0 Å². The van der Waals surface area contributed by atoms with Crippen molar-refractivity contribution in [3.8, 4) is 0 Å². The lowest BCUT2D eigenvalue weighted by molar-refractivity contribution is -0.399. The van der Waals surface area contributed by atoms with Crippen molar-refractivity contribution in [2.24, 2.45) is 0 Å². The highest BCUT2D eigenvalue weighted by atomic mass is 17.2. The smallest absolute Gasteiger partial charge is 0.109 e. The summed E-state index contributed by atoms with van der Waals surface area (Å²) in [6.07, 6.45) is 0. The van der Waals surface area contributed by atoms with Gasteiger partial charge in [0, 0.05) is 5.92 Å². The highest BCUT2D eigenvalue weighted by Gasteiger charge is 2.35. The summed E-state index contributed by atoms with van der Waals surface area (Å²) in [5.74, 6) is 0.0947. The highest BCUT2D eigenvalue weighted by molar-refractivity contribution is 5.35. The first-order valence-corrected chi connectivity index (χ1v) is 7.76.